The topological polar surface area (TPSA) is 30.0 Å². The quantitative estimate of drug-likeness (QED) is 0.757. The van der Waals surface area contributed by atoms with Crippen molar-refractivity contribution in [2.45, 2.75) is 6.42 Å². The minimum Gasteiger partial charge on any atom is -0.292 e. The van der Waals surface area contributed by atoms with E-state index in [2.05, 4.69) is 36.8 Å². The molecular formula is C13H8Br2FNO. The number of hydrogen-bond acceptors (Lipinski definition) is 2. The predicted molar refractivity (Wildman–Crippen MR) is 74.1 cm³/mol. The van der Waals surface area contributed by atoms with Crippen molar-refractivity contribution >= 4 is 37.6 Å². The number of hydrogen-bond donors (Lipinski definition) is 0. The summed E-state index contributed by atoms with van der Waals surface area (Å²) in [7, 11) is 0. The second-order valence-corrected chi connectivity index (χ2v) is 5.47. The van der Waals surface area contributed by atoms with Crippen molar-refractivity contribution in [2.24, 2.45) is 0 Å². The molecule has 0 unspecified atom stereocenters. The average molecular weight is 373 g/mol. The second-order valence-electron chi connectivity index (χ2n) is 3.70. The van der Waals surface area contributed by atoms with Crippen LogP contribution in [0.1, 0.15) is 16.1 Å². The summed E-state index contributed by atoms with van der Waals surface area (Å²) in [5.41, 5.74) is 0.985. The summed E-state index contributed by atoms with van der Waals surface area (Å²) < 4.78 is 14.6. The van der Waals surface area contributed by atoms with Gasteiger partial charge in [-0.2, -0.15) is 0 Å². The number of halogens is 3. The molecule has 0 spiro atoms. The second kappa shape index (κ2) is 5.71. The Morgan fingerprint density at radius 3 is 2.67 bits per heavy atom. The van der Waals surface area contributed by atoms with Crippen molar-refractivity contribution in [3.63, 3.8) is 0 Å². The van der Waals surface area contributed by atoms with E-state index in [1.807, 2.05) is 0 Å². The molecule has 92 valence electrons. The molecule has 0 saturated carbocycles. The molecule has 0 aliphatic rings. The number of aromatic nitrogens is 1. The maximum absolute atomic E-state index is 13.1. The van der Waals surface area contributed by atoms with Gasteiger partial charge in [0.2, 0.25) is 0 Å². The molecule has 0 saturated heterocycles. The average Bonchev–Trinajstić information content (AvgIpc) is 2.34. The van der Waals surface area contributed by atoms with Gasteiger partial charge in [-0.05, 0) is 51.8 Å². The molecule has 0 aliphatic heterocycles. The Bertz CT molecular complexity index is 584. The maximum atomic E-state index is 13.1. The van der Waals surface area contributed by atoms with Crippen LogP contribution >= 0.6 is 31.9 Å². The van der Waals surface area contributed by atoms with Crippen LogP contribution < -0.4 is 0 Å². The standard InChI is InChI=1S/C13H8Br2FNO/c14-9-1-4-12(17-7-9)13(18)6-8-5-10(16)2-3-11(8)15/h1-5,7H,6H2. The molecule has 0 aliphatic carbocycles. The molecule has 0 radical (unpaired) electrons. The lowest BCUT2D eigenvalue weighted by Crippen LogP contribution is -2.06. The third-order valence-corrected chi connectivity index (χ3v) is 3.61. The Kier molecular flexibility index (Phi) is 4.24. The molecular weight excluding hydrogens is 365 g/mol. The van der Waals surface area contributed by atoms with Crippen molar-refractivity contribution in [2.75, 3.05) is 0 Å². The highest BCUT2D eigenvalue weighted by molar-refractivity contribution is 9.10. The van der Waals surface area contributed by atoms with Gasteiger partial charge < -0.3 is 0 Å². The number of carbonyl (C=O) groups is 1. The monoisotopic (exact) mass is 371 g/mol. The van der Waals surface area contributed by atoms with Gasteiger partial charge >= 0.3 is 0 Å². The molecule has 1 aromatic heterocycles. The smallest absolute Gasteiger partial charge is 0.185 e. The number of carbonyl (C=O) groups excluding carboxylic acids is 1. The number of nitrogens with zero attached hydrogens (tertiary/aromatic N) is 1. The van der Waals surface area contributed by atoms with Crippen LogP contribution in [-0.4, -0.2) is 10.8 Å². The summed E-state index contributed by atoms with van der Waals surface area (Å²) in [6, 6.07) is 7.67. The minimum absolute atomic E-state index is 0.118. The van der Waals surface area contributed by atoms with Crippen LogP contribution in [0.2, 0.25) is 0 Å². The van der Waals surface area contributed by atoms with E-state index in [9.17, 15) is 9.18 Å². The van der Waals surface area contributed by atoms with E-state index in [0.29, 0.717) is 11.3 Å². The Morgan fingerprint density at radius 1 is 1.22 bits per heavy atom. The van der Waals surface area contributed by atoms with Crippen LogP contribution in [-0.2, 0) is 6.42 Å². The Morgan fingerprint density at radius 2 is 2.00 bits per heavy atom. The summed E-state index contributed by atoms with van der Waals surface area (Å²) in [6.45, 7) is 0. The van der Waals surface area contributed by atoms with Gasteiger partial charge in [-0.1, -0.05) is 15.9 Å². The molecule has 2 nitrogen and oxygen atoms in total. The third kappa shape index (κ3) is 3.23. The van der Waals surface area contributed by atoms with E-state index in [0.717, 1.165) is 8.95 Å². The lowest BCUT2D eigenvalue weighted by atomic mass is 10.1. The van der Waals surface area contributed by atoms with Crippen molar-refractivity contribution in [1.82, 2.24) is 4.98 Å². The zero-order valence-corrected chi connectivity index (χ0v) is 12.3. The van der Waals surface area contributed by atoms with Crippen LogP contribution in [0.5, 0.6) is 0 Å². The molecule has 2 aromatic rings. The first kappa shape index (κ1) is 13.4. The van der Waals surface area contributed by atoms with Crippen LogP contribution in [0.4, 0.5) is 4.39 Å². The molecule has 1 aromatic carbocycles. The van der Waals surface area contributed by atoms with Crippen LogP contribution in [0.25, 0.3) is 0 Å². The molecule has 5 heteroatoms. The van der Waals surface area contributed by atoms with Gasteiger partial charge in [-0.25, -0.2) is 4.39 Å². The Labute approximate surface area is 121 Å². The van der Waals surface area contributed by atoms with Crippen molar-refractivity contribution in [1.29, 1.82) is 0 Å². The van der Waals surface area contributed by atoms with Gasteiger partial charge in [-0.3, -0.25) is 9.78 Å². The fourth-order valence-corrected chi connectivity index (χ4v) is 2.10. The van der Waals surface area contributed by atoms with Crippen LogP contribution in [0.15, 0.2) is 45.5 Å². The normalized spacial score (nSPS) is 10.4. The highest BCUT2D eigenvalue weighted by atomic mass is 79.9. The van der Waals surface area contributed by atoms with Gasteiger partial charge in [0.05, 0.1) is 0 Å². The molecule has 1 heterocycles. The van der Waals surface area contributed by atoms with Gasteiger partial charge in [0.15, 0.2) is 5.78 Å². The van der Waals surface area contributed by atoms with Crippen LogP contribution in [0.3, 0.4) is 0 Å². The van der Waals surface area contributed by atoms with Crippen molar-refractivity contribution < 1.29 is 9.18 Å². The van der Waals surface area contributed by atoms with Crippen molar-refractivity contribution in [3.8, 4) is 0 Å². The molecule has 0 bridgehead atoms. The van der Waals surface area contributed by atoms with E-state index in [4.69, 9.17) is 0 Å². The van der Waals surface area contributed by atoms with Gasteiger partial charge in [0.1, 0.15) is 11.5 Å². The number of rotatable bonds is 3. The molecule has 0 amide bonds. The van der Waals surface area contributed by atoms with E-state index in [1.165, 1.54) is 12.1 Å². The molecule has 0 N–H and O–H groups in total. The lowest BCUT2D eigenvalue weighted by molar-refractivity contribution is 0.0988. The van der Waals surface area contributed by atoms with Crippen molar-refractivity contribution in [3.05, 3.63) is 62.5 Å². The molecule has 2 rings (SSSR count). The largest absolute Gasteiger partial charge is 0.292 e. The maximum Gasteiger partial charge on any atom is 0.185 e. The summed E-state index contributed by atoms with van der Waals surface area (Å²) in [5, 5.41) is 0. The first-order valence-electron chi connectivity index (χ1n) is 5.15. The number of benzene rings is 1. The van der Waals surface area contributed by atoms with Gasteiger partial charge in [0.25, 0.3) is 0 Å². The van der Waals surface area contributed by atoms with E-state index < -0.39 is 0 Å². The summed E-state index contributed by atoms with van der Waals surface area (Å²) >= 11 is 6.55. The summed E-state index contributed by atoms with van der Waals surface area (Å²) in [5.74, 6) is -0.501. The number of ketones is 1. The zero-order chi connectivity index (χ0) is 13.1. The fourth-order valence-electron chi connectivity index (χ4n) is 1.48. The zero-order valence-electron chi connectivity index (χ0n) is 9.16. The van der Waals surface area contributed by atoms with E-state index >= 15 is 0 Å². The SMILES string of the molecule is O=C(Cc1cc(F)ccc1Br)c1ccc(Br)cn1. The Balaban J connectivity index is 2.21. The Hall–Kier alpha value is -1.07. The van der Waals surface area contributed by atoms with Crippen LogP contribution in [0, 0.1) is 5.82 Å². The fraction of sp³-hybridized carbons (Fsp3) is 0.0769. The first-order chi connectivity index (χ1) is 8.56. The minimum atomic E-state index is -0.357. The van der Waals surface area contributed by atoms with E-state index in [1.54, 1.807) is 24.4 Å². The van der Waals surface area contributed by atoms with Gasteiger partial charge in [0, 0.05) is 21.6 Å². The lowest BCUT2D eigenvalue weighted by Gasteiger charge is -2.04. The predicted octanol–water partition coefficient (Wildman–Crippen LogP) is 4.17. The molecule has 0 atom stereocenters. The summed E-state index contributed by atoms with van der Waals surface area (Å²) in [6.07, 6.45) is 1.68. The van der Waals surface area contributed by atoms with E-state index in [-0.39, 0.29) is 18.0 Å². The number of Topliss-reactive ketones (excluding diaryl/α,β-unsaturated/α-hetero) is 1. The number of pyridine rings is 1. The third-order valence-electron chi connectivity index (χ3n) is 2.37. The molecule has 18 heavy (non-hydrogen) atoms. The summed E-state index contributed by atoms with van der Waals surface area (Å²) in [4.78, 5) is 16.0. The first-order valence-corrected chi connectivity index (χ1v) is 6.73. The highest BCUT2D eigenvalue weighted by Gasteiger charge is 2.11. The van der Waals surface area contributed by atoms with Gasteiger partial charge in [-0.15, -0.1) is 0 Å². The highest BCUT2D eigenvalue weighted by Crippen LogP contribution is 2.19. The molecule has 0 fully saturated rings.